The summed E-state index contributed by atoms with van der Waals surface area (Å²) >= 11 is 0. The van der Waals surface area contributed by atoms with Crippen molar-refractivity contribution < 1.29 is 13.9 Å². The highest BCUT2D eigenvalue weighted by molar-refractivity contribution is 5.96. The van der Waals surface area contributed by atoms with Crippen LogP contribution in [-0.4, -0.2) is 36.5 Å². The Hall–Kier alpha value is -2.11. The van der Waals surface area contributed by atoms with Crippen LogP contribution in [0.2, 0.25) is 0 Å². The summed E-state index contributed by atoms with van der Waals surface area (Å²) < 4.78 is 11.6. The number of amides is 1. The number of rotatable bonds is 2. The molecule has 3 heterocycles. The van der Waals surface area contributed by atoms with Crippen molar-refractivity contribution in [2.24, 2.45) is 0 Å². The van der Waals surface area contributed by atoms with E-state index in [9.17, 15) is 4.79 Å². The Morgan fingerprint density at radius 1 is 1.21 bits per heavy atom. The van der Waals surface area contributed by atoms with Crippen LogP contribution in [0.5, 0.6) is 0 Å². The van der Waals surface area contributed by atoms with E-state index in [0.29, 0.717) is 13.2 Å². The highest BCUT2D eigenvalue weighted by Gasteiger charge is 2.34. The van der Waals surface area contributed by atoms with E-state index in [2.05, 4.69) is 16.3 Å². The Balaban J connectivity index is 1.50. The number of furan rings is 1. The van der Waals surface area contributed by atoms with Crippen LogP contribution in [0.25, 0.3) is 0 Å². The minimum Gasteiger partial charge on any atom is -0.464 e. The lowest BCUT2D eigenvalue weighted by atomic mass is 10.0. The Labute approximate surface area is 141 Å². The maximum atomic E-state index is 12.7. The molecule has 4 rings (SSSR count). The molecule has 2 atom stereocenters. The summed E-state index contributed by atoms with van der Waals surface area (Å²) in [6.45, 7) is 3.99. The van der Waals surface area contributed by atoms with E-state index in [1.807, 2.05) is 37.3 Å². The largest absolute Gasteiger partial charge is 0.464 e. The Morgan fingerprint density at radius 2 is 2.08 bits per heavy atom. The third kappa shape index (κ3) is 2.97. The van der Waals surface area contributed by atoms with E-state index in [4.69, 9.17) is 9.15 Å². The summed E-state index contributed by atoms with van der Waals surface area (Å²) in [5.41, 5.74) is 2.15. The van der Waals surface area contributed by atoms with Crippen LogP contribution in [0, 0.1) is 6.92 Å². The van der Waals surface area contributed by atoms with Gasteiger partial charge >= 0.3 is 0 Å². The normalized spacial score (nSPS) is 25.0. The van der Waals surface area contributed by atoms with Crippen molar-refractivity contribution in [2.75, 3.05) is 25.0 Å². The molecule has 0 radical (unpaired) electrons. The van der Waals surface area contributed by atoms with Gasteiger partial charge in [-0.15, -0.1) is 0 Å². The van der Waals surface area contributed by atoms with Crippen molar-refractivity contribution in [2.45, 2.75) is 31.9 Å². The number of hydrogen-bond acceptors (Lipinski definition) is 4. The zero-order valence-corrected chi connectivity index (χ0v) is 13.8. The fourth-order valence-corrected chi connectivity index (χ4v) is 3.60. The second kappa shape index (κ2) is 6.42. The molecule has 2 aliphatic rings. The molecule has 0 bridgehead atoms. The van der Waals surface area contributed by atoms with Gasteiger partial charge < -0.3 is 14.5 Å². The van der Waals surface area contributed by atoms with Gasteiger partial charge in [-0.05, 0) is 43.5 Å². The SMILES string of the molecule is Cc1ccc(C2CN(C3CCc4ccccc4NC3=O)CCO2)o1. The lowest BCUT2D eigenvalue weighted by Crippen LogP contribution is -2.49. The molecular formula is C19H22N2O3. The first kappa shape index (κ1) is 15.4. The zero-order chi connectivity index (χ0) is 16.5. The fraction of sp³-hybridized carbons (Fsp3) is 0.421. The van der Waals surface area contributed by atoms with Crippen LogP contribution in [0.3, 0.4) is 0 Å². The van der Waals surface area contributed by atoms with Gasteiger partial charge in [0.1, 0.15) is 17.6 Å². The van der Waals surface area contributed by atoms with Crippen LogP contribution in [-0.2, 0) is 16.0 Å². The molecule has 126 valence electrons. The molecule has 1 amide bonds. The maximum Gasteiger partial charge on any atom is 0.241 e. The predicted molar refractivity (Wildman–Crippen MR) is 90.9 cm³/mol. The first-order valence-electron chi connectivity index (χ1n) is 8.51. The predicted octanol–water partition coefficient (Wildman–Crippen LogP) is 2.91. The molecular weight excluding hydrogens is 304 g/mol. The molecule has 5 nitrogen and oxygen atoms in total. The number of carbonyl (C=O) groups excluding carboxylic acids is 1. The third-order valence-electron chi connectivity index (χ3n) is 4.88. The topological polar surface area (TPSA) is 54.7 Å². The molecule has 1 N–H and O–H groups in total. The Bertz CT molecular complexity index is 740. The minimum absolute atomic E-state index is 0.0798. The molecule has 1 aromatic heterocycles. The van der Waals surface area contributed by atoms with Crippen LogP contribution in [0.4, 0.5) is 5.69 Å². The molecule has 2 aromatic rings. The van der Waals surface area contributed by atoms with Crippen molar-refractivity contribution in [1.29, 1.82) is 0 Å². The Kier molecular flexibility index (Phi) is 4.12. The summed E-state index contributed by atoms with van der Waals surface area (Å²) in [5.74, 6) is 1.80. The molecule has 2 aliphatic heterocycles. The van der Waals surface area contributed by atoms with Crippen LogP contribution in [0.1, 0.15) is 29.6 Å². The second-order valence-corrected chi connectivity index (χ2v) is 6.50. The van der Waals surface area contributed by atoms with Gasteiger partial charge in [0.2, 0.25) is 5.91 Å². The zero-order valence-electron chi connectivity index (χ0n) is 13.8. The average Bonchev–Trinajstić information content (AvgIpc) is 2.95. The molecule has 1 fully saturated rings. The van der Waals surface area contributed by atoms with E-state index in [1.54, 1.807) is 0 Å². The number of para-hydroxylation sites is 1. The van der Waals surface area contributed by atoms with Crippen LogP contribution in [0.15, 0.2) is 40.8 Å². The first-order chi connectivity index (χ1) is 11.7. The number of hydrogen-bond donors (Lipinski definition) is 1. The van der Waals surface area contributed by atoms with Gasteiger partial charge in [0.15, 0.2) is 0 Å². The average molecular weight is 326 g/mol. The summed E-state index contributed by atoms with van der Waals surface area (Å²) in [7, 11) is 0. The van der Waals surface area contributed by atoms with Crippen molar-refractivity contribution in [3.05, 3.63) is 53.5 Å². The van der Waals surface area contributed by atoms with Crippen LogP contribution >= 0.6 is 0 Å². The molecule has 0 spiro atoms. The van der Waals surface area contributed by atoms with Crippen molar-refractivity contribution >= 4 is 11.6 Å². The molecule has 0 aliphatic carbocycles. The number of nitrogens with one attached hydrogen (secondary N) is 1. The lowest BCUT2D eigenvalue weighted by Gasteiger charge is -2.36. The quantitative estimate of drug-likeness (QED) is 0.922. The standard InChI is InChI=1S/C19H22N2O3/c1-13-6-9-17(24-13)18-12-21(10-11-23-18)16-8-7-14-4-2-3-5-15(14)20-19(16)22/h2-6,9,16,18H,7-8,10-12H2,1H3,(H,20,22). The van der Waals surface area contributed by atoms with Gasteiger partial charge in [0.05, 0.1) is 12.6 Å². The van der Waals surface area contributed by atoms with E-state index >= 15 is 0 Å². The summed E-state index contributed by atoms with van der Waals surface area (Å²) in [6.07, 6.45) is 1.62. The molecule has 0 saturated carbocycles. The summed E-state index contributed by atoms with van der Waals surface area (Å²) in [5, 5.41) is 3.08. The minimum atomic E-state index is -0.125. The number of aryl methyl sites for hydroxylation is 2. The highest BCUT2D eigenvalue weighted by Crippen LogP contribution is 2.28. The van der Waals surface area contributed by atoms with Gasteiger partial charge in [-0.1, -0.05) is 18.2 Å². The molecule has 24 heavy (non-hydrogen) atoms. The molecule has 1 aromatic carbocycles. The number of anilines is 1. The fourth-order valence-electron chi connectivity index (χ4n) is 3.60. The first-order valence-corrected chi connectivity index (χ1v) is 8.51. The van der Waals surface area contributed by atoms with Crippen molar-refractivity contribution in [3.8, 4) is 0 Å². The molecule has 1 saturated heterocycles. The molecule has 2 unspecified atom stereocenters. The second-order valence-electron chi connectivity index (χ2n) is 6.50. The number of benzene rings is 1. The van der Waals surface area contributed by atoms with Gasteiger partial charge in [-0.3, -0.25) is 9.69 Å². The molecule has 5 heteroatoms. The van der Waals surface area contributed by atoms with Gasteiger partial charge in [-0.2, -0.15) is 0 Å². The summed E-state index contributed by atoms with van der Waals surface area (Å²) in [6, 6.07) is 11.8. The van der Waals surface area contributed by atoms with E-state index in [-0.39, 0.29) is 18.1 Å². The van der Waals surface area contributed by atoms with Crippen LogP contribution < -0.4 is 5.32 Å². The lowest BCUT2D eigenvalue weighted by molar-refractivity contribution is -0.125. The highest BCUT2D eigenvalue weighted by atomic mass is 16.5. The van der Waals surface area contributed by atoms with Gasteiger partial charge in [-0.25, -0.2) is 0 Å². The smallest absolute Gasteiger partial charge is 0.241 e. The number of nitrogens with zero attached hydrogens (tertiary/aromatic N) is 1. The van der Waals surface area contributed by atoms with E-state index < -0.39 is 0 Å². The third-order valence-corrected chi connectivity index (χ3v) is 4.88. The number of carbonyl (C=O) groups is 1. The summed E-state index contributed by atoms with van der Waals surface area (Å²) in [4.78, 5) is 14.9. The maximum absolute atomic E-state index is 12.7. The number of ether oxygens (including phenoxy) is 1. The van der Waals surface area contributed by atoms with Gasteiger partial charge in [0.25, 0.3) is 0 Å². The van der Waals surface area contributed by atoms with Crippen molar-refractivity contribution in [3.63, 3.8) is 0 Å². The van der Waals surface area contributed by atoms with Gasteiger partial charge in [0, 0.05) is 18.8 Å². The van der Waals surface area contributed by atoms with E-state index in [0.717, 1.165) is 36.6 Å². The number of morpholine rings is 1. The van der Waals surface area contributed by atoms with Crippen molar-refractivity contribution in [1.82, 2.24) is 4.90 Å². The monoisotopic (exact) mass is 326 g/mol. The Morgan fingerprint density at radius 3 is 2.92 bits per heavy atom. The van der Waals surface area contributed by atoms with E-state index in [1.165, 1.54) is 5.56 Å². The number of fused-ring (bicyclic) bond motifs is 1.